The Morgan fingerprint density at radius 1 is 1.12 bits per heavy atom. The van der Waals surface area contributed by atoms with Gasteiger partial charge in [0.1, 0.15) is 9.88 Å². The molecule has 1 amide bonds. The van der Waals surface area contributed by atoms with Crippen LogP contribution >= 0.6 is 11.3 Å². The minimum atomic E-state index is -4.44. The largest absolute Gasteiger partial charge is 0.466 e. The molecular formula is C22H23F3N2O5S. The van der Waals surface area contributed by atoms with Gasteiger partial charge in [-0.1, -0.05) is 12.1 Å². The van der Waals surface area contributed by atoms with Gasteiger partial charge in [0.2, 0.25) is 0 Å². The lowest BCUT2D eigenvalue weighted by Crippen LogP contribution is -2.42. The molecule has 1 fully saturated rings. The van der Waals surface area contributed by atoms with Crippen LogP contribution < -0.4 is 0 Å². The molecule has 0 aliphatic carbocycles. The third-order valence-electron chi connectivity index (χ3n) is 5.24. The molecule has 11 heteroatoms. The first-order valence-corrected chi connectivity index (χ1v) is 11.2. The number of benzene rings is 1. The van der Waals surface area contributed by atoms with Gasteiger partial charge in [-0.3, -0.25) is 9.59 Å². The Balaban J connectivity index is 1.55. The van der Waals surface area contributed by atoms with Gasteiger partial charge < -0.3 is 14.4 Å². The van der Waals surface area contributed by atoms with E-state index in [4.69, 9.17) is 9.47 Å². The van der Waals surface area contributed by atoms with Crippen LogP contribution in [-0.2, 0) is 25.2 Å². The molecule has 2 aromatic rings. The molecule has 2 heterocycles. The summed E-state index contributed by atoms with van der Waals surface area (Å²) in [6, 6.07) is 4.49. The number of amides is 1. The summed E-state index contributed by atoms with van der Waals surface area (Å²) in [7, 11) is 0. The normalized spacial score (nSPS) is 14.8. The van der Waals surface area contributed by atoms with Crippen LogP contribution in [0.4, 0.5) is 13.2 Å². The summed E-state index contributed by atoms with van der Waals surface area (Å²) >= 11 is 0.986. The number of carbonyl (C=O) groups excluding carboxylic acids is 3. The molecule has 0 unspecified atom stereocenters. The molecule has 1 aromatic heterocycles. The van der Waals surface area contributed by atoms with Crippen molar-refractivity contribution in [1.82, 2.24) is 9.88 Å². The maximum atomic E-state index is 12.7. The van der Waals surface area contributed by atoms with Gasteiger partial charge in [0, 0.05) is 18.7 Å². The van der Waals surface area contributed by atoms with E-state index in [-0.39, 0.29) is 22.7 Å². The number of hydrogen-bond donors (Lipinski definition) is 0. The minimum absolute atomic E-state index is 0.179. The first-order valence-electron chi connectivity index (χ1n) is 10.4. The SMILES string of the molecule is CCOC(=O)C1CCN(C(=O)COC(=O)c2sc(-c3ccc(C(F)(F)F)cc3)nc2C)CC1. The third-order valence-corrected chi connectivity index (χ3v) is 6.42. The van der Waals surface area contributed by atoms with E-state index in [2.05, 4.69) is 4.98 Å². The summed E-state index contributed by atoms with van der Waals surface area (Å²) < 4.78 is 48.4. The average Bonchev–Trinajstić information content (AvgIpc) is 3.18. The number of piperidine rings is 1. The molecule has 0 spiro atoms. The number of hydrogen-bond acceptors (Lipinski definition) is 7. The van der Waals surface area contributed by atoms with Crippen molar-refractivity contribution in [2.75, 3.05) is 26.3 Å². The summed E-state index contributed by atoms with van der Waals surface area (Å²) in [5.41, 5.74) is 0.0299. The number of carbonyl (C=O) groups is 3. The predicted molar refractivity (Wildman–Crippen MR) is 114 cm³/mol. The Hall–Kier alpha value is -2.95. The van der Waals surface area contributed by atoms with Crippen molar-refractivity contribution in [3.05, 3.63) is 40.4 Å². The molecule has 0 bridgehead atoms. The highest BCUT2D eigenvalue weighted by atomic mass is 32.1. The Labute approximate surface area is 192 Å². The van der Waals surface area contributed by atoms with E-state index in [0.717, 1.165) is 23.5 Å². The zero-order valence-electron chi connectivity index (χ0n) is 18.1. The summed E-state index contributed by atoms with van der Waals surface area (Å²) in [6.07, 6.45) is -3.46. The van der Waals surface area contributed by atoms with Crippen molar-refractivity contribution in [3.63, 3.8) is 0 Å². The zero-order valence-corrected chi connectivity index (χ0v) is 18.9. The molecule has 1 aliphatic heterocycles. The van der Waals surface area contributed by atoms with E-state index in [1.807, 2.05) is 0 Å². The topological polar surface area (TPSA) is 85.8 Å². The van der Waals surface area contributed by atoms with Gasteiger partial charge in [-0.05, 0) is 38.8 Å². The highest BCUT2D eigenvalue weighted by molar-refractivity contribution is 7.17. The number of likely N-dealkylation sites (tertiary alicyclic amines) is 1. The van der Waals surface area contributed by atoms with Crippen LogP contribution in [0.5, 0.6) is 0 Å². The molecule has 1 aliphatic rings. The van der Waals surface area contributed by atoms with Crippen LogP contribution in [0.3, 0.4) is 0 Å². The molecule has 7 nitrogen and oxygen atoms in total. The van der Waals surface area contributed by atoms with Crippen LogP contribution in [0.1, 0.15) is 40.7 Å². The van der Waals surface area contributed by atoms with E-state index in [1.54, 1.807) is 13.8 Å². The number of ether oxygens (including phenoxy) is 2. The number of aryl methyl sites for hydroxylation is 1. The lowest BCUT2D eigenvalue weighted by atomic mass is 9.97. The van der Waals surface area contributed by atoms with E-state index < -0.39 is 24.3 Å². The monoisotopic (exact) mass is 484 g/mol. The lowest BCUT2D eigenvalue weighted by molar-refractivity contribution is -0.151. The van der Waals surface area contributed by atoms with Crippen LogP contribution in [0.2, 0.25) is 0 Å². The molecule has 0 atom stereocenters. The minimum Gasteiger partial charge on any atom is -0.466 e. The smallest absolute Gasteiger partial charge is 0.416 e. The summed E-state index contributed by atoms with van der Waals surface area (Å²) in [5, 5.41) is 0.375. The van der Waals surface area contributed by atoms with Crippen LogP contribution in [0.15, 0.2) is 24.3 Å². The standard InChI is InChI=1S/C22H23F3N2O5S/c1-3-31-20(29)15-8-10-27(11-9-15)17(28)12-32-21(30)18-13(2)26-19(33-18)14-4-6-16(7-5-14)22(23,24)25/h4-7,15H,3,8-12H2,1-2H3. The first-order chi connectivity index (χ1) is 15.6. The van der Waals surface area contributed by atoms with Crippen molar-refractivity contribution in [2.24, 2.45) is 5.92 Å². The van der Waals surface area contributed by atoms with Gasteiger partial charge in [-0.15, -0.1) is 11.3 Å². The maximum Gasteiger partial charge on any atom is 0.416 e. The van der Waals surface area contributed by atoms with E-state index in [0.29, 0.717) is 48.8 Å². The number of alkyl halides is 3. The van der Waals surface area contributed by atoms with Crippen molar-refractivity contribution >= 4 is 29.2 Å². The Morgan fingerprint density at radius 2 is 1.76 bits per heavy atom. The fourth-order valence-corrected chi connectivity index (χ4v) is 4.39. The van der Waals surface area contributed by atoms with Gasteiger partial charge >= 0.3 is 18.1 Å². The fraction of sp³-hybridized carbons (Fsp3) is 0.455. The van der Waals surface area contributed by atoms with E-state index in [9.17, 15) is 27.6 Å². The quantitative estimate of drug-likeness (QED) is 0.574. The second kappa shape index (κ2) is 10.3. The number of halogens is 3. The van der Waals surface area contributed by atoms with Crippen LogP contribution in [-0.4, -0.2) is 54.0 Å². The van der Waals surface area contributed by atoms with Crippen LogP contribution in [0.25, 0.3) is 10.6 Å². The molecule has 0 saturated carbocycles. The molecule has 33 heavy (non-hydrogen) atoms. The van der Waals surface area contributed by atoms with Gasteiger partial charge in [-0.25, -0.2) is 9.78 Å². The fourth-order valence-electron chi connectivity index (χ4n) is 3.42. The zero-order chi connectivity index (χ0) is 24.2. The van der Waals surface area contributed by atoms with Gasteiger partial charge in [-0.2, -0.15) is 13.2 Å². The van der Waals surface area contributed by atoms with Crippen LogP contribution in [0, 0.1) is 12.8 Å². The Bertz CT molecular complexity index is 1010. The molecule has 0 N–H and O–H groups in total. The highest BCUT2D eigenvalue weighted by Gasteiger charge is 2.31. The second-order valence-electron chi connectivity index (χ2n) is 7.49. The van der Waals surface area contributed by atoms with Gasteiger partial charge in [0.15, 0.2) is 6.61 Å². The van der Waals surface area contributed by atoms with Crippen molar-refractivity contribution in [1.29, 1.82) is 0 Å². The Kier molecular flexibility index (Phi) is 7.72. The molecule has 0 radical (unpaired) electrons. The number of nitrogens with zero attached hydrogens (tertiary/aromatic N) is 2. The third kappa shape index (κ3) is 6.10. The number of rotatable bonds is 6. The molecule has 3 rings (SSSR count). The molecule has 178 valence electrons. The van der Waals surface area contributed by atoms with Crippen molar-refractivity contribution < 1.29 is 37.0 Å². The summed E-state index contributed by atoms with van der Waals surface area (Å²) in [4.78, 5) is 42.6. The number of esters is 2. The highest BCUT2D eigenvalue weighted by Crippen LogP contribution is 2.33. The number of aromatic nitrogens is 1. The van der Waals surface area contributed by atoms with E-state index in [1.165, 1.54) is 17.0 Å². The second-order valence-corrected chi connectivity index (χ2v) is 8.49. The maximum absolute atomic E-state index is 12.7. The molecule has 1 aromatic carbocycles. The molecule has 1 saturated heterocycles. The van der Waals surface area contributed by atoms with Gasteiger partial charge in [0.25, 0.3) is 5.91 Å². The molecular weight excluding hydrogens is 461 g/mol. The lowest BCUT2D eigenvalue weighted by Gasteiger charge is -2.30. The predicted octanol–water partition coefficient (Wildman–Crippen LogP) is 4.10. The first kappa shape index (κ1) is 24.7. The van der Waals surface area contributed by atoms with E-state index >= 15 is 0 Å². The Morgan fingerprint density at radius 3 is 2.33 bits per heavy atom. The van der Waals surface area contributed by atoms with Crippen molar-refractivity contribution in [2.45, 2.75) is 32.9 Å². The van der Waals surface area contributed by atoms with Gasteiger partial charge in [0.05, 0.1) is 23.8 Å². The average molecular weight is 484 g/mol. The summed E-state index contributed by atoms with van der Waals surface area (Å²) in [5.74, 6) is -1.59. The van der Waals surface area contributed by atoms with Crippen molar-refractivity contribution in [3.8, 4) is 10.6 Å². The summed E-state index contributed by atoms with van der Waals surface area (Å²) in [6.45, 7) is 3.93. The number of thiazole rings is 1.